The van der Waals surface area contributed by atoms with Gasteiger partial charge in [-0.05, 0) is 25.5 Å². The molecule has 2 atom stereocenters. The Morgan fingerprint density at radius 1 is 1.36 bits per heavy atom. The van der Waals surface area contributed by atoms with Crippen LogP contribution in [0.5, 0.6) is 0 Å². The predicted molar refractivity (Wildman–Crippen MR) is 93.1 cm³/mol. The Bertz CT molecular complexity index is 907. The van der Waals surface area contributed by atoms with Gasteiger partial charge in [0.1, 0.15) is 22.0 Å². The van der Waals surface area contributed by atoms with Gasteiger partial charge >= 0.3 is 0 Å². The predicted octanol–water partition coefficient (Wildman–Crippen LogP) is 2.26. The quantitative estimate of drug-likeness (QED) is 0.772. The molecule has 132 valence electrons. The van der Waals surface area contributed by atoms with Crippen molar-refractivity contribution in [3.05, 3.63) is 34.0 Å². The number of halogens is 2. The molecule has 0 radical (unpaired) electrons. The van der Waals surface area contributed by atoms with Gasteiger partial charge in [-0.3, -0.25) is 0 Å². The normalized spacial score (nSPS) is 21.2. The maximum atomic E-state index is 13.7. The third kappa shape index (κ3) is 3.09. The molecule has 0 spiro atoms. The highest BCUT2D eigenvalue weighted by atomic mass is 32.1. The van der Waals surface area contributed by atoms with E-state index in [1.807, 2.05) is 16.4 Å². The van der Waals surface area contributed by atoms with Crippen LogP contribution in [-0.2, 0) is 6.54 Å². The van der Waals surface area contributed by atoms with Gasteiger partial charge in [-0.15, -0.1) is 10.2 Å². The number of aromatic nitrogens is 4. The van der Waals surface area contributed by atoms with Gasteiger partial charge < -0.3 is 15.2 Å². The summed E-state index contributed by atoms with van der Waals surface area (Å²) in [5.74, 6) is 0.324. The standard InChI is InChI=1S/C16H18F2N6S/c1-9-21-22-15(25-9)8-24-14-3-2-10(17)6-13(14)20-16(24)23-5-4-11(18)12(19)7-23/h2-3,6,11-12H,4-5,7-8,19H2,1H3. The summed E-state index contributed by atoms with van der Waals surface area (Å²) in [5, 5.41) is 9.94. The summed E-state index contributed by atoms with van der Waals surface area (Å²) < 4.78 is 29.3. The average Bonchev–Trinajstić information content (AvgIpc) is 3.14. The Labute approximate surface area is 147 Å². The van der Waals surface area contributed by atoms with Crippen molar-refractivity contribution in [3.63, 3.8) is 0 Å². The van der Waals surface area contributed by atoms with Crippen molar-refractivity contribution in [2.24, 2.45) is 5.73 Å². The third-order valence-corrected chi connectivity index (χ3v) is 5.23. The van der Waals surface area contributed by atoms with Gasteiger partial charge in [-0.25, -0.2) is 13.8 Å². The first-order valence-electron chi connectivity index (χ1n) is 8.10. The number of piperidine rings is 1. The molecule has 1 saturated heterocycles. The van der Waals surface area contributed by atoms with E-state index in [2.05, 4.69) is 15.2 Å². The lowest BCUT2D eigenvalue weighted by Gasteiger charge is -2.34. The van der Waals surface area contributed by atoms with E-state index in [0.717, 1.165) is 15.5 Å². The molecule has 1 aliphatic heterocycles. The van der Waals surface area contributed by atoms with Gasteiger partial charge in [0.15, 0.2) is 0 Å². The van der Waals surface area contributed by atoms with Crippen molar-refractivity contribution in [3.8, 4) is 0 Å². The second-order valence-corrected chi connectivity index (χ2v) is 7.53. The lowest BCUT2D eigenvalue weighted by Crippen LogP contribution is -2.50. The summed E-state index contributed by atoms with van der Waals surface area (Å²) in [6.45, 7) is 3.28. The van der Waals surface area contributed by atoms with Crippen molar-refractivity contribution in [1.82, 2.24) is 19.7 Å². The average molecular weight is 364 g/mol. The molecule has 0 saturated carbocycles. The highest BCUT2D eigenvalue weighted by Gasteiger charge is 2.29. The number of nitrogens with zero attached hydrogens (tertiary/aromatic N) is 5. The van der Waals surface area contributed by atoms with E-state index in [-0.39, 0.29) is 5.82 Å². The molecule has 2 unspecified atom stereocenters. The number of aryl methyl sites for hydroxylation is 1. The summed E-state index contributed by atoms with van der Waals surface area (Å²) in [7, 11) is 0. The first-order valence-corrected chi connectivity index (χ1v) is 8.92. The zero-order valence-electron chi connectivity index (χ0n) is 13.7. The van der Waals surface area contributed by atoms with E-state index >= 15 is 0 Å². The minimum atomic E-state index is -1.00. The minimum Gasteiger partial charge on any atom is -0.340 e. The molecule has 0 amide bonds. The summed E-state index contributed by atoms with van der Waals surface area (Å²) in [5.41, 5.74) is 7.26. The smallest absolute Gasteiger partial charge is 0.207 e. The Morgan fingerprint density at radius 3 is 2.92 bits per heavy atom. The lowest BCUT2D eigenvalue weighted by atomic mass is 10.1. The Morgan fingerprint density at radius 2 is 2.20 bits per heavy atom. The van der Waals surface area contributed by atoms with Crippen molar-refractivity contribution < 1.29 is 8.78 Å². The van der Waals surface area contributed by atoms with E-state index in [0.29, 0.717) is 37.5 Å². The van der Waals surface area contributed by atoms with Crippen LogP contribution in [0.15, 0.2) is 18.2 Å². The number of rotatable bonds is 3. The number of hydrogen-bond donors (Lipinski definition) is 1. The highest BCUT2D eigenvalue weighted by molar-refractivity contribution is 7.11. The maximum Gasteiger partial charge on any atom is 0.207 e. The summed E-state index contributed by atoms with van der Waals surface area (Å²) in [6, 6.07) is 3.97. The molecule has 2 aromatic heterocycles. The van der Waals surface area contributed by atoms with E-state index < -0.39 is 12.2 Å². The molecule has 3 aromatic rings. The molecule has 0 bridgehead atoms. The number of nitrogens with two attached hydrogens (primary N) is 1. The molecule has 6 nitrogen and oxygen atoms in total. The number of anilines is 1. The van der Waals surface area contributed by atoms with Crippen LogP contribution in [-0.4, -0.2) is 45.1 Å². The van der Waals surface area contributed by atoms with Gasteiger partial charge in [0.05, 0.1) is 23.6 Å². The fraction of sp³-hybridized carbons (Fsp3) is 0.438. The molecule has 2 N–H and O–H groups in total. The largest absolute Gasteiger partial charge is 0.340 e. The number of hydrogen-bond acceptors (Lipinski definition) is 6. The monoisotopic (exact) mass is 364 g/mol. The fourth-order valence-corrected chi connectivity index (χ4v) is 3.86. The van der Waals surface area contributed by atoms with E-state index in [9.17, 15) is 8.78 Å². The van der Waals surface area contributed by atoms with Crippen molar-refractivity contribution in [2.75, 3.05) is 18.0 Å². The molecule has 1 aromatic carbocycles. The summed E-state index contributed by atoms with van der Waals surface area (Å²) in [6.07, 6.45) is -0.645. The van der Waals surface area contributed by atoms with Crippen LogP contribution in [0, 0.1) is 12.7 Å². The first-order chi connectivity index (χ1) is 12.0. The maximum absolute atomic E-state index is 13.7. The van der Waals surface area contributed by atoms with Gasteiger partial charge in [-0.1, -0.05) is 11.3 Å². The number of fused-ring (bicyclic) bond motifs is 1. The van der Waals surface area contributed by atoms with Crippen LogP contribution in [0.2, 0.25) is 0 Å². The zero-order valence-corrected chi connectivity index (χ0v) is 14.5. The Kier molecular flexibility index (Phi) is 4.12. The highest BCUT2D eigenvalue weighted by Crippen LogP contribution is 2.28. The van der Waals surface area contributed by atoms with Crippen LogP contribution < -0.4 is 10.6 Å². The van der Waals surface area contributed by atoms with E-state index in [1.54, 1.807) is 6.07 Å². The van der Waals surface area contributed by atoms with E-state index in [4.69, 9.17) is 5.73 Å². The molecule has 1 fully saturated rings. The Balaban J connectivity index is 1.77. The second kappa shape index (κ2) is 6.30. The van der Waals surface area contributed by atoms with Gasteiger partial charge in [0, 0.05) is 19.2 Å². The topological polar surface area (TPSA) is 72.9 Å². The minimum absolute atomic E-state index is 0.338. The lowest BCUT2D eigenvalue weighted by molar-refractivity contribution is 0.243. The molecular formula is C16H18F2N6S. The Hall–Kier alpha value is -2.13. The number of benzene rings is 1. The molecule has 4 rings (SSSR count). The molecule has 25 heavy (non-hydrogen) atoms. The second-order valence-electron chi connectivity index (χ2n) is 6.26. The number of alkyl halides is 1. The van der Waals surface area contributed by atoms with Gasteiger partial charge in [0.2, 0.25) is 5.95 Å². The number of imidazole rings is 1. The van der Waals surface area contributed by atoms with Crippen molar-refractivity contribution in [1.29, 1.82) is 0 Å². The van der Waals surface area contributed by atoms with Crippen LogP contribution in [0.4, 0.5) is 14.7 Å². The van der Waals surface area contributed by atoms with Gasteiger partial charge in [-0.2, -0.15) is 0 Å². The van der Waals surface area contributed by atoms with Gasteiger partial charge in [0.25, 0.3) is 0 Å². The molecule has 0 aliphatic carbocycles. The zero-order chi connectivity index (χ0) is 17.6. The van der Waals surface area contributed by atoms with Crippen molar-refractivity contribution in [2.45, 2.75) is 32.1 Å². The van der Waals surface area contributed by atoms with Crippen LogP contribution >= 0.6 is 11.3 Å². The third-order valence-electron chi connectivity index (χ3n) is 4.40. The van der Waals surface area contributed by atoms with Crippen LogP contribution in [0.25, 0.3) is 11.0 Å². The van der Waals surface area contributed by atoms with Crippen LogP contribution in [0.3, 0.4) is 0 Å². The SMILES string of the molecule is Cc1nnc(Cn2c(N3CCC(F)C(N)C3)nc3cc(F)ccc32)s1. The van der Waals surface area contributed by atoms with E-state index in [1.165, 1.54) is 23.5 Å². The first kappa shape index (κ1) is 16.3. The summed E-state index contributed by atoms with van der Waals surface area (Å²) in [4.78, 5) is 6.55. The van der Waals surface area contributed by atoms with Crippen molar-refractivity contribution >= 4 is 28.3 Å². The summed E-state index contributed by atoms with van der Waals surface area (Å²) >= 11 is 1.51. The molecule has 9 heteroatoms. The molecule has 3 heterocycles. The van der Waals surface area contributed by atoms with Crippen LogP contribution in [0.1, 0.15) is 16.4 Å². The molecular weight excluding hydrogens is 346 g/mol. The fourth-order valence-electron chi connectivity index (χ4n) is 3.16. The molecule has 1 aliphatic rings.